The number of ether oxygens (including phenoxy) is 1. The molecule has 180 valence electrons. The van der Waals surface area contributed by atoms with Gasteiger partial charge in [0.2, 0.25) is 5.91 Å². The summed E-state index contributed by atoms with van der Waals surface area (Å²) in [6, 6.07) is 10.9. The number of carbonyl (C=O) groups excluding carboxylic acids is 2. The predicted octanol–water partition coefficient (Wildman–Crippen LogP) is 4.21. The number of aromatic nitrogens is 2. The normalized spacial score (nSPS) is 12.2. The van der Waals surface area contributed by atoms with E-state index in [1.807, 2.05) is 6.92 Å². The number of nitrogens with zero attached hydrogens (tertiary/aromatic N) is 2. The second-order valence-corrected chi connectivity index (χ2v) is 7.57. The molecule has 2 aromatic carbocycles. The first-order chi connectivity index (χ1) is 16.1. The molecule has 0 saturated carbocycles. The van der Waals surface area contributed by atoms with Gasteiger partial charge in [-0.1, -0.05) is 6.07 Å². The van der Waals surface area contributed by atoms with E-state index in [4.69, 9.17) is 4.74 Å². The van der Waals surface area contributed by atoms with E-state index in [2.05, 4.69) is 15.7 Å². The van der Waals surface area contributed by atoms with Gasteiger partial charge in [0.05, 0.1) is 36.6 Å². The van der Waals surface area contributed by atoms with E-state index in [9.17, 15) is 22.8 Å². The third-order valence-electron chi connectivity index (χ3n) is 5.15. The Hall–Kier alpha value is -3.82. The Kier molecular flexibility index (Phi) is 7.60. The monoisotopic (exact) mass is 474 g/mol. The van der Waals surface area contributed by atoms with Crippen LogP contribution in [0.3, 0.4) is 0 Å². The van der Waals surface area contributed by atoms with Crippen LogP contribution in [0.2, 0.25) is 0 Å². The Bertz CT molecular complexity index is 1160. The van der Waals surface area contributed by atoms with Crippen LogP contribution in [0.1, 0.15) is 47.1 Å². The quantitative estimate of drug-likeness (QED) is 0.512. The summed E-state index contributed by atoms with van der Waals surface area (Å²) in [5.41, 5.74) is 1.11. The number of rotatable bonds is 8. The molecule has 0 unspecified atom stereocenters. The van der Waals surface area contributed by atoms with Gasteiger partial charge in [0.1, 0.15) is 5.75 Å². The molecule has 0 aliphatic carbocycles. The van der Waals surface area contributed by atoms with Crippen molar-refractivity contribution in [1.82, 2.24) is 20.4 Å². The third-order valence-corrected chi connectivity index (χ3v) is 5.15. The van der Waals surface area contributed by atoms with Gasteiger partial charge in [-0.05, 0) is 63.2 Å². The molecule has 0 spiro atoms. The highest BCUT2D eigenvalue weighted by atomic mass is 19.4. The first kappa shape index (κ1) is 24.8. The van der Waals surface area contributed by atoms with Crippen molar-refractivity contribution in [2.75, 3.05) is 13.2 Å². The molecule has 0 bridgehead atoms. The molecule has 2 amide bonds. The molecular formula is C24H25F3N4O3. The molecule has 0 aliphatic rings. The lowest BCUT2D eigenvalue weighted by molar-refractivity contribution is -0.137. The van der Waals surface area contributed by atoms with Crippen LogP contribution in [0.25, 0.3) is 5.69 Å². The molecule has 0 fully saturated rings. The second-order valence-electron chi connectivity index (χ2n) is 7.57. The maximum Gasteiger partial charge on any atom is 0.416 e. The van der Waals surface area contributed by atoms with Gasteiger partial charge in [0, 0.05) is 16.8 Å². The Morgan fingerprint density at radius 3 is 2.50 bits per heavy atom. The van der Waals surface area contributed by atoms with Crippen LogP contribution in [0.5, 0.6) is 5.75 Å². The summed E-state index contributed by atoms with van der Waals surface area (Å²) in [7, 11) is 0. The number of carbonyl (C=O) groups is 2. The van der Waals surface area contributed by atoms with Gasteiger partial charge in [0.25, 0.3) is 5.91 Å². The molecule has 0 saturated heterocycles. The van der Waals surface area contributed by atoms with E-state index in [-0.39, 0.29) is 12.2 Å². The van der Waals surface area contributed by atoms with Crippen molar-refractivity contribution in [3.8, 4) is 11.4 Å². The molecule has 3 aromatic rings. The SMILES string of the molecule is CCOc1ccc(C(=O)NCC(=O)N[C@@H](C)c2cnn(-c3cccc(C(F)(F)F)c3)c2C)cc1. The second kappa shape index (κ2) is 10.4. The van der Waals surface area contributed by atoms with Gasteiger partial charge in [-0.3, -0.25) is 9.59 Å². The molecule has 7 nitrogen and oxygen atoms in total. The molecule has 3 rings (SSSR count). The van der Waals surface area contributed by atoms with E-state index >= 15 is 0 Å². The number of hydrogen-bond donors (Lipinski definition) is 2. The Balaban J connectivity index is 1.60. The van der Waals surface area contributed by atoms with Crippen molar-refractivity contribution in [1.29, 1.82) is 0 Å². The van der Waals surface area contributed by atoms with Gasteiger partial charge in [-0.25, -0.2) is 4.68 Å². The molecule has 1 aromatic heterocycles. The van der Waals surface area contributed by atoms with Crippen molar-refractivity contribution < 1.29 is 27.5 Å². The molecule has 1 atom stereocenters. The summed E-state index contributed by atoms with van der Waals surface area (Å²) < 4.78 is 45.8. The zero-order valence-corrected chi connectivity index (χ0v) is 18.9. The lowest BCUT2D eigenvalue weighted by atomic mass is 10.1. The van der Waals surface area contributed by atoms with E-state index in [0.29, 0.717) is 29.2 Å². The van der Waals surface area contributed by atoms with Crippen LogP contribution < -0.4 is 15.4 Å². The maximum atomic E-state index is 13.0. The highest BCUT2D eigenvalue weighted by Gasteiger charge is 2.30. The number of hydrogen-bond acceptors (Lipinski definition) is 4. The number of amides is 2. The number of nitrogens with one attached hydrogen (secondary N) is 2. The van der Waals surface area contributed by atoms with Crippen LogP contribution in [0, 0.1) is 6.92 Å². The average molecular weight is 474 g/mol. The highest BCUT2D eigenvalue weighted by Crippen LogP contribution is 2.31. The van der Waals surface area contributed by atoms with Crippen molar-refractivity contribution in [2.45, 2.75) is 33.0 Å². The van der Waals surface area contributed by atoms with Crippen molar-refractivity contribution in [2.24, 2.45) is 0 Å². The molecule has 10 heteroatoms. The summed E-state index contributed by atoms with van der Waals surface area (Å²) in [5, 5.41) is 9.51. The van der Waals surface area contributed by atoms with E-state index < -0.39 is 29.6 Å². The van der Waals surface area contributed by atoms with Crippen LogP contribution in [0.4, 0.5) is 13.2 Å². The largest absolute Gasteiger partial charge is 0.494 e. The summed E-state index contributed by atoms with van der Waals surface area (Å²) in [6.07, 6.45) is -2.96. The minimum Gasteiger partial charge on any atom is -0.494 e. The third kappa shape index (κ3) is 5.94. The first-order valence-electron chi connectivity index (χ1n) is 10.6. The number of alkyl halides is 3. The highest BCUT2D eigenvalue weighted by molar-refractivity contribution is 5.96. The predicted molar refractivity (Wildman–Crippen MR) is 120 cm³/mol. The number of halogens is 3. The van der Waals surface area contributed by atoms with Crippen molar-refractivity contribution in [3.05, 3.63) is 77.1 Å². The Morgan fingerprint density at radius 2 is 1.85 bits per heavy atom. The molecule has 2 N–H and O–H groups in total. The fourth-order valence-electron chi connectivity index (χ4n) is 3.42. The first-order valence-corrected chi connectivity index (χ1v) is 10.6. The molecule has 34 heavy (non-hydrogen) atoms. The van der Waals surface area contributed by atoms with Crippen LogP contribution in [0.15, 0.2) is 54.7 Å². The summed E-state index contributed by atoms with van der Waals surface area (Å²) in [4.78, 5) is 24.6. The van der Waals surface area contributed by atoms with E-state index in [1.54, 1.807) is 38.1 Å². The smallest absolute Gasteiger partial charge is 0.416 e. The van der Waals surface area contributed by atoms with E-state index in [0.717, 1.165) is 12.1 Å². The van der Waals surface area contributed by atoms with E-state index in [1.165, 1.54) is 23.0 Å². The topological polar surface area (TPSA) is 85.2 Å². The van der Waals surface area contributed by atoms with Crippen molar-refractivity contribution >= 4 is 11.8 Å². The lowest BCUT2D eigenvalue weighted by Crippen LogP contribution is -2.38. The van der Waals surface area contributed by atoms with Gasteiger partial charge in [-0.2, -0.15) is 18.3 Å². The Morgan fingerprint density at radius 1 is 1.15 bits per heavy atom. The fraction of sp³-hybridized carbons (Fsp3) is 0.292. The van der Waals surface area contributed by atoms with Gasteiger partial charge in [-0.15, -0.1) is 0 Å². The van der Waals surface area contributed by atoms with Gasteiger partial charge < -0.3 is 15.4 Å². The Labute approximate surface area is 194 Å². The van der Waals surface area contributed by atoms with Crippen LogP contribution in [-0.2, 0) is 11.0 Å². The summed E-state index contributed by atoms with van der Waals surface area (Å²) in [6.45, 7) is 5.57. The van der Waals surface area contributed by atoms with Crippen molar-refractivity contribution in [3.63, 3.8) is 0 Å². The average Bonchev–Trinajstić information content (AvgIpc) is 3.19. The lowest BCUT2D eigenvalue weighted by Gasteiger charge is -2.15. The summed E-state index contributed by atoms with van der Waals surface area (Å²) in [5.74, 6) is -0.177. The summed E-state index contributed by atoms with van der Waals surface area (Å²) >= 11 is 0. The van der Waals surface area contributed by atoms with Crippen LogP contribution >= 0.6 is 0 Å². The standard InChI is InChI=1S/C24H25F3N4O3/c1-4-34-20-10-8-17(9-11-20)23(33)28-14-22(32)30-15(2)21-13-29-31(16(21)3)19-7-5-6-18(12-19)24(25,26)27/h5-13,15H,4,14H2,1-3H3,(H,28,33)(H,30,32)/t15-/m0/s1. The zero-order valence-electron chi connectivity index (χ0n) is 18.9. The fourth-order valence-corrected chi connectivity index (χ4v) is 3.42. The number of benzene rings is 2. The molecular weight excluding hydrogens is 449 g/mol. The van der Waals surface area contributed by atoms with Crippen LogP contribution in [-0.4, -0.2) is 34.7 Å². The van der Waals surface area contributed by atoms with Gasteiger partial charge in [0.15, 0.2) is 0 Å². The minimum absolute atomic E-state index is 0.239. The minimum atomic E-state index is -4.46. The molecule has 1 heterocycles. The molecule has 0 aliphatic heterocycles. The molecule has 0 radical (unpaired) electrons. The maximum absolute atomic E-state index is 13.0. The van der Waals surface area contributed by atoms with Gasteiger partial charge >= 0.3 is 6.18 Å². The zero-order chi connectivity index (χ0) is 24.9.